The summed E-state index contributed by atoms with van der Waals surface area (Å²) >= 11 is 12.0. The Labute approximate surface area is 184 Å². The molecule has 3 aromatic rings. The lowest BCUT2D eigenvalue weighted by atomic mass is 10.2. The number of rotatable bonds is 7. The molecule has 0 aliphatic rings. The van der Waals surface area contributed by atoms with Crippen molar-refractivity contribution in [3.63, 3.8) is 0 Å². The van der Waals surface area contributed by atoms with Gasteiger partial charge >= 0.3 is 6.09 Å². The molecule has 0 atom stereocenters. The Bertz CT molecular complexity index is 1070. The molecule has 0 unspecified atom stereocenters. The van der Waals surface area contributed by atoms with Crippen LogP contribution in [0, 0.1) is 0 Å². The lowest BCUT2D eigenvalue weighted by molar-refractivity contribution is 0.150. The summed E-state index contributed by atoms with van der Waals surface area (Å²) in [6.07, 6.45) is 2.64. The van der Waals surface area contributed by atoms with Gasteiger partial charge in [-0.3, -0.25) is 0 Å². The Morgan fingerprint density at radius 2 is 1.93 bits per heavy atom. The van der Waals surface area contributed by atoms with Gasteiger partial charge in [-0.1, -0.05) is 60.8 Å². The fourth-order valence-electron chi connectivity index (χ4n) is 2.56. The first kappa shape index (κ1) is 21.9. The first-order valence-corrected chi connectivity index (χ1v) is 10.3. The number of carbonyl (C=O) groups is 1. The van der Waals surface area contributed by atoms with E-state index < -0.39 is 6.09 Å². The van der Waals surface area contributed by atoms with Gasteiger partial charge in [0.05, 0.1) is 23.8 Å². The third-order valence-corrected chi connectivity index (χ3v) is 4.71. The summed E-state index contributed by atoms with van der Waals surface area (Å²) in [7, 11) is 0. The molecule has 0 fully saturated rings. The zero-order valence-corrected chi connectivity index (χ0v) is 17.9. The maximum atomic E-state index is 12.2. The summed E-state index contributed by atoms with van der Waals surface area (Å²) in [6.45, 7) is 2.61. The lowest BCUT2D eigenvalue weighted by Gasteiger charge is -2.13. The van der Waals surface area contributed by atoms with E-state index >= 15 is 0 Å². The number of para-hydroxylation sites is 1. The Hall–Kier alpha value is -2.83. The average Bonchev–Trinajstić information content (AvgIpc) is 2.74. The van der Waals surface area contributed by atoms with E-state index in [4.69, 9.17) is 32.7 Å². The second kappa shape index (κ2) is 10.8. The summed E-state index contributed by atoms with van der Waals surface area (Å²) in [5.41, 5.74) is 1.48. The van der Waals surface area contributed by atoms with Crippen LogP contribution in [0.2, 0.25) is 10.0 Å². The summed E-state index contributed by atoms with van der Waals surface area (Å²) in [6, 6.07) is 16.2. The van der Waals surface area contributed by atoms with Crippen molar-refractivity contribution in [1.29, 1.82) is 0 Å². The van der Waals surface area contributed by atoms with Gasteiger partial charge in [0.15, 0.2) is 0 Å². The molecular formula is C22H21Cl2N3O3. The molecule has 0 N–H and O–H groups in total. The Balaban J connectivity index is 1.79. The van der Waals surface area contributed by atoms with Gasteiger partial charge in [-0.25, -0.2) is 9.48 Å². The third-order valence-electron chi connectivity index (χ3n) is 4.12. The summed E-state index contributed by atoms with van der Waals surface area (Å²) in [4.78, 5) is 16.1. The molecule has 0 saturated carbocycles. The van der Waals surface area contributed by atoms with Gasteiger partial charge in [0.25, 0.3) is 0 Å². The zero-order valence-electron chi connectivity index (χ0n) is 16.4. The number of amides is 1. The maximum absolute atomic E-state index is 12.2. The van der Waals surface area contributed by atoms with Gasteiger partial charge in [0.1, 0.15) is 6.61 Å². The molecule has 0 radical (unpaired) electrons. The predicted octanol–water partition coefficient (Wildman–Crippen LogP) is 5.60. The monoisotopic (exact) mass is 445 g/mol. The maximum Gasteiger partial charge on any atom is 0.434 e. The molecule has 1 aromatic heterocycles. The number of aromatic nitrogens is 2. The third kappa shape index (κ3) is 6.08. The highest BCUT2D eigenvalue weighted by Crippen LogP contribution is 2.21. The highest BCUT2D eigenvalue weighted by atomic mass is 35.5. The van der Waals surface area contributed by atoms with E-state index in [0.717, 1.165) is 18.5 Å². The van der Waals surface area contributed by atoms with Crippen LogP contribution in [0.1, 0.15) is 25.3 Å². The van der Waals surface area contributed by atoms with Crippen LogP contribution in [0.25, 0.3) is 5.69 Å². The van der Waals surface area contributed by atoms with Gasteiger partial charge in [0, 0.05) is 21.7 Å². The molecule has 0 spiro atoms. The number of carbonyl (C=O) groups excluding carboxylic acids is 1. The number of halogens is 2. The normalized spacial score (nSPS) is 11.4. The van der Waals surface area contributed by atoms with E-state index in [1.54, 1.807) is 28.9 Å². The van der Waals surface area contributed by atoms with Crippen LogP contribution in [0.5, 0.6) is 5.88 Å². The van der Waals surface area contributed by atoms with Crippen molar-refractivity contribution in [2.75, 3.05) is 6.61 Å². The van der Waals surface area contributed by atoms with Gasteiger partial charge < -0.3 is 9.47 Å². The van der Waals surface area contributed by atoms with Crippen molar-refractivity contribution < 1.29 is 14.3 Å². The number of hydrogen-bond donors (Lipinski definition) is 0. The van der Waals surface area contributed by atoms with Crippen LogP contribution < -0.4 is 10.1 Å². The second-order valence-electron chi connectivity index (χ2n) is 6.40. The molecular weight excluding hydrogens is 425 g/mol. The molecule has 1 heterocycles. The van der Waals surface area contributed by atoms with Crippen molar-refractivity contribution in [2.45, 2.75) is 26.4 Å². The van der Waals surface area contributed by atoms with E-state index in [2.05, 4.69) is 17.0 Å². The van der Waals surface area contributed by atoms with Gasteiger partial charge in [0.2, 0.25) is 5.88 Å². The van der Waals surface area contributed by atoms with Gasteiger partial charge in [-0.2, -0.15) is 10.1 Å². The number of nitrogens with zero attached hydrogens (tertiary/aromatic N) is 3. The smallest absolute Gasteiger partial charge is 0.434 e. The molecule has 0 saturated heterocycles. The summed E-state index contributed by atoms with van der Waals surface area (Å²) < 4.78 is 12.7. The largest absolute Gasteiger partial charge is 0.478 e. The van der Waals surface area contributed by atoms with Crippen LogP contribution in [-0.2, 0) is 11.3 Å². The van der Waals surface area contributed by atoms with E-state index in [1.165, 1.54) is 6.20 Å². The van der Waals surface area contributed by atoms with Crippen LogP contribution in [0.15, 0.2) is 65.8 Å². The van der Waals surface area contributed by atoms with Gasteiger partial charge in [-0.05, 0) is 30.7 Å². The first-order valence-electron chi connectivity index (χ1n) is 9.50. The van der Waals surface area contributed by atoms with E-state index in [0.29, 0.717) is 33.5 Å². The Kier molecular flexibility index (Phi) is 7.88. The van der Waals surface area contributed by atoms with Crippen molar-refractivity contribution >= 4 is 29.3 Å². The SMILES string of the molecule is CCCCOc1c/c(=N\C(=O)OCc2ccc(Cl)cc2Cl)cnn1-c1ccccc1. The summed E-state index contributed by atoms with van der Waals surface area (Å²) in [5, 5.41) is 5.65. The fraction of sp³-hybridized carbons (Fsp3) is 0.227. The van der Waals surface area contributed by atoms with Crippen molar-refractivity contribution in [2.24, 2.45) is 4.99 Å². The molecule has 2 aromatic carbocycles. The molecule has 6 nitrogen and oxygen atoms in total. The average molecular weight is 446 g/mol. The van der Waals surface area contributed by atoms with Crippen LogP contribution in [0.4, 0.5) is 4.79 Å². The van der Waals surface area contributed by atoms with Gasteiger partial charge in [-0.15, -0.1) is 0 Å². The quantitative estimate of drug-likeness (QED) is 0.444. The molecule has 30 heavy (non-hydrogen) atoms. The van der Waals surface area contributed by atoms with Crippen molar-refractivity contribution in [1.82, 2.24) is 9.78 Å². The molecule has 1 amide bonds. The molecule has 8 heteroatoms. The zero-order chi connectivity index (χ0) is 21.3. The van der Waals surface area contributed by atoms with E-state index in [-0.39, 0.29) is 6.61 Å². The van der Waals surface area contributed by atoms with E-state index in [1.807, 2.05) is 30.3 Å². The minimum absolute atomic E-state index is 0.0114. The highest BCUT2D eigenvalue weighted by Gasteiger charge is 2.08. The van der Waals surface area contributed by atoms with Crippen molar-refractivity contribution in [3.8, 4) is 11.6 Å². The Morgan fingerprint density at radius 1 is 1.13 bits per heavy atom. The first-order chi connectivity index (χ1) is 14.6. The second-order valence-corrected chi connectivity index (χ2v) is 7.25. The molecule has 156 valence electrons. The minimum Gasteiger partial charge on any atom is -0.478 e. The molecule has 0 aliphatic carbocycles. The number of unbranched alkanes of at least 4 members (excludes halogenated alkanes) is 1. The van der Waals surface area contributed by atoms with Crippen LogP contribution in [0.3, 0.4) is 0 Å². The fourth-order valence-corrected chi connectivity index (χ4v) is 3.03. The van der Waals surface area contributed by atoms with Crippen LogP contribution >= 0.6 is 23.2 Å². The predicted molar refractivity (Wildman–Crippen MR) is 116 cm³/mol. The minimum atomic E-state index is -0.750. The highest BCUT2D eigenvalue weighted by molar-refractivity contribution is 6.35. The van der Waals surface area contributed by atoms with Crippen molar-refractivity contribution in [3.05, 3.63) is 81.8 Å². The number of benzene rings is 2. The van der Waals surface area contributed by atoms with E-state index in [9.17, 15) is 4.79 Å². The van der Waals surface area contributed by atoms with Crippen LogP contribution in [-0.4, -0.2) is 22.5 Å². The topological polar surface area (TPSA) is 65.7 Å². The Morgan fingerprint density at radius 3 is 2.67 bits per heavy atom. The molecule has 3 rings (SSSR count). The standard InChI is InChI=1S/C22H21Cl2N3O3/c1-2-3-11-29-21-13-18(14-25-27(21)19-7-5-4-6-8-19)26-22(28)30-15-16-9-10-17(23)12-20(16)24/h4-10,12-14H,2-3,11,15H2,1H3/b26-18+. The molecule has 0 aliphatic heterocycles. The molecule has 0 bridgehead atoms. The number of hydrogen-bond acceptors (Lipinski definition) is 4. The number of ether oxygens (including phenoxy) is 2. The lowest BCUT2D eigenvalue weighted by Crippen LogP contribution is -2.16. The summed E-state index contributed by atoms with van der Waals surface area (Å²) in [5.74, 6) is 0.490.